The van der Waals surface area contributed by atoms with E-state index in [-0.39, 0.29) is 37.3 Å². The zero-order valence-electron chi connectivity index (χ0n) is 19.3. The summed E-state index contributed by atoms with van der Waals surface area (Å²) < 4.78 is 10.8. The van der Waals surface area contributed by atoms with E-state index < -0.39 is 6.10 Å². The minimum Gasteiger partial charge on any atom is -0.454 e. The molecule has 7 heteroatoms. The second-order valence-electron chi connectivity index (χ2n) is 9.17. The third-order valence-electron chi connectivity index (χ3n) is 7.00. The Balaban J connectivity index is 1.37. The summed E-state index contributed by atoms with van der Waals surface area (Å²) in [5, 5.41) is 19.6. The number of fused-ring (bicyclic) bond motifs is 2. The number of benzene rings is 2. The SMILES string of the molecule is C[C@H](O)C#Cc1ccc([C@H]2[C@H]3CN(C(=O)c4ccc5c(c4)OCO5)CCCCN3[C@H]2CO)cc1. The van der Waals surface area contributed by atoms with Crippen molar-refractivity contribution < 1.29 is 24.5 Å². The number of nitrogens with zero attached hydrogens (tertiary/aromatic N) is 2. The van der Waals surface area contributed by atoms with Crippen molar-refractivity contribution in [1.29, 1.82) is 0 Å². The molecule has 5 rings (SSSR count). The van der Waals surface area contributed by atoms with Crippen molar-refractivity contribution >= 4 is 5.91 Å². The molecule has 2 saturated heterocycles. The number of aliphatic hydroxyl groups is 2. The molecule has 178 valence electrons. The van der Waals surface area contributed by atoms with Gasteiger partial charge in [0.05, 0.1) is 6.61 Å². The van der Waals surface area contributed by atoms with Crippen LogP contribution in [0.2, 0.25) is 0 Å². The smallest absolute Gasteiger partial charge is 0.254 e. The number of hydrogen-bond acceptors (Lipinski definition) is 6. The van der Waals surface area contributed by atoms with E-state index >= 15 is 0 Å². The van der Waals surface area contributed by atoms with Crippen LogP contribution < -0.4 is 9.47 Å². The lowest BCUT2D eigenvalue weighted by Crippen LogP contribution is -2.67. The second kappa shape index (κ2) is 9.67. The van der Waals surface area contributed by atoms with Gasteiger partial charge in [-0.05, 0) is 62.2 Å². The quantitative estimate of drug-likeness (QED) is 0.681. The number of aliphatic hydroxyl groups excluding tert-OH is 2. The largest absolute Gasteiger partial charge is 0.454 e. The molecule has 3 aliphatic rings. The van der Waals surface area contributed by atoms with E-state index in [9.17, 15) is 15.0 Å². The number of carbonyl (C=O) groups is 1. The van der Waals surface area contributed by atoms with Crippen molar-refractivity contribution in [3.05, 3.63) is 59.2 Å². The molecule has 0 aromatic heterocycles. The van der Waals surface area contributed by atoms with Crippen LogP contribution in [0.25, 0.3) is 0 Å². The highest BCUT2D eigenvalue weighted by atomic mass is 16.7. The van der Waals surface area contributed by atoms with Gasteiger partial charge in [-0.25, -0.2) is 0 Å². The summed E-state index contributed by atoms with van der Waals surface area (Å²) in [6, 6.07) is 13.6. The lowest BCUT2D eigenvalue weighted by atomic mass is 9.74. The molecule has 3 heterocycles. The van der Waals surface area contributed by atoms with Gasteiger partial charge >= 0.3 is 0 Å². The third-order valence-corrected chi connectivity index (χ3v) is 7.00. The molecule has 0 spiro atoms. The van der Waals surface area contributed by atoms with E-state index in [4.69, 9.17) is 9.47 Å². The van der Waals surface area contributed by atoms with E-state index in [1.165, 1.54) is 0 Å². The van der Waals surface area contributed by atoms with Gasteiger partial charge in [0.1, 0.15) is 6.10 Å². The molecule has 2 aromatic carbocycles. The molecule has 0 unspecified atom stereocenters. The molecule has 2 aromatic rings. The molecular weight excluding hydrogens is 432 g/mol. The standard InChI is InChI=1S/C27H30N2O5/c1-18(31)4-5-19-6-8-20(9-7-19)26-22-15-28(12-2-3-13-29(22)23(26)16-30)27(32)21-10-11-24-25(14-21)34-17-33-24/h6-11,14,18,22-23,26,30-31H,2-3,12-13,15-17H2,1H3/t18-,22+,23-,26-/m0/s1. The Labute approximate surface area is 199 Å². The maximum absolute atomic E-state index is 13.4. The van der Waals surface area contributed by atoms with Gasteiger partial charge in [-0.15, -0.1) is 0 Å². The lowest BCUT2D eigenvalue weighted by Gasteiger charge is -2.57. The van der Waals surface area contributed by atoms with E-state index in [0.717, 1.165) is 30.5 Å². The van der Waals surface area contributed by atoms with Crippen LogP contribution in [0.4, 0.5) is 0 Å². The molecule has 7 nitrogen and oxygen atoms in total. The van der Waals surface area contributed by atoms with Gasteiger partial charge in [-0.2, -0.15) is 0 Å². The molecule has 4 atom stereocenters. The summed E-state index contributed by atoms with van der Waals surface area (Å²) in [7, 11) is 0. The number of hydrogen-bond donors (Lipinski definition) is 2. The van der Waals surface area contributed by atoms with Gasteiger partial charge in [-0.1, -0.05) is 24.0 Å². The Bertz CT molecular complexity index is 1100. The van der Waals surface area contributed by atoms with Crippen molar-refractivity contribution in [3.63, 3.8) is 0 Å². The Morgan fingerprint density at radius 3 is 2.65 bits per heavy atom. The highest BCUT2D eigenvalue weighted by Crippen LogP contribution is 2.42. The molecule has 0 saturated carbocycles. The van der Waals surface area contributed by atoms with E-state index in [1.807, 2.05) is 17.0 Å². The first-order chi connectivity index (χ1) is 16.5. The Morgan fingerprint density at radius 2 is 1.88 bits per heavy atom. The Hall–Kier alpha value is -3.05. The van der Waals surface area contributed by atoms with Crippen LogP contribution in [0.5, 0.6) is 11.5 Å². The van der Waals surface area contributed by atoms with E-state index in [0.29, 0.717) is 30.2 Å². The first kappa shape index (κ1) is 22.7. The summed E-state index contributed by atoms with van der Waals surface area (Å²) >= 11 is 0. The van der Waals surface area contributed by atoms with Gasteiger partial charge in [0.15, 0.2) is 11.5 Å². The second-order valence-corrected chi connectivity index (χ2v) is 9.17. The van der Waals surface area contributed by atoms with Crippen molar-refractivity contribution in [2.45, 2.75) is 43.9 Å². The Kier molecular flexibility index (Phi) is 6.46. The summed E-state index contributed by atoms with van der Waals surface area (Å²) in [4.78, 5) is 17.7. The monoisotopic (exact) mass is 462 g/mol. The number of carbonyl (C=O) groups excluding carboxylic acids is 1. The minimum absolute atomic E-state index is 0.00454. The molecule has 0 radical (unpaired) electrons. The van der Waals surface area contributed by atoms with Gasteiger partial charge in [0.2, 0.25) is 6.79 Å². The Morgan fingerprint density at radius 1 is 1.12 bits per heavy atom. The highest BCUT2D eigenvalue weighted by Gasteiger charge is 2.49. The van der Waals surface area contributed by atoms with E-state index in [2.05, 4.69) is 28.9 Å². The lowest BCUT2D eigenvalue weighted by molar-refractivity contribution is -0.0606. The third kappa shape index (κ3) is 4.37. The van der Waals surface area contributed by atoms with Gasteiger partial charge in [0, 0.05) is 42.2 Å². The summed E-state index contributed by atoms with van der Waals surface area (Å²) in [5.41, 5.74) is 2.59. The molecule has 1 amide bonds. The first-order valence-electron chi connectivity index (χ1n) is 11.9. The molecule has 0 aliphatic carbocycles. The molecular formula is C27H30N2O5. The van der Waals surface area contributed by atoms with Crippen molar-refractivity contribution in [3.8, 4) is 23.3 Å². The van der Waals surface area contributed by atoms with Gasteiger partial charge in [-0.3, -0.25) is 9.69 Å². The number of amides is 1. The summed E-state index contributed by atoms with van der Waals surface area (Å²) in [6.07, 6.45) is 1.25. The van der Waals surface area contributed by atoms with Crippen molar-refractivity contribution in [1.82, 2.24) is 9.80 Å². The molecule has 3 aliphatic heterocycles. The maximum atomic E-state index is 13.4. The molecule has 0 bridgehead atoms. The normalized spacial score (nSPS) is 24.7. The number of ether oxygens (including phenoxy) is 2. The fourth-order valence-electron chi connectivity index (χ4n) is 5.31. The molecule has 2 N–H and O–H groups in total. The summed E-state index contributed by atoms with van der Waals surface area (Å²) in [6.45, 7) is 4.15. The fraction of sp³-hybridized carbons (Fsp3) is 0.444. The van der Waals surface area contributed by atoms with Crippen LogP contribution in [0, 0.1) is 11.8 Å². The molecule has 2 fully saturated rings. The van der Waals surface area contributed by atoms with E-state index in [1.54, 1.807) is 25.1 Å². The summed E-state index contributed by atoms with van der Waals surface area (Å²) in [5.74, 6) is 7.15. The van der Waals surface area contributed by atoms with Crippen LogP contribution in [0.1, 0.15) is 47.2 Å². The molecule has 34 heavy (non-hydrogen) atoms. The average molecular weight is 463 g/mol. The van der Waals surface area contributed by atoms with Crippen LogP contribution in [-0.4, -0.2) is 77.1 Å². The van der Waals surface area contributed by atoms with Crippen molar-refractivity contribution in [2.75, 3.05) is 33.0 Å². The maximum Gasteiger partial charge on any atom is 0.254 e. The number of rotatable bonds is 3. The average Bonchev–Trinajstić information content (AvgIpc) is 3.30. The van der Waals surface area contributed by atoms with Crippen LogP contribution in [0.3, 0.4) is 0 Å². The first-order valence-corrected chi connectivity index (χ1v) is 11.9. The van der Waals surface area contributed by atoms with Crippen molar-refractivity contribution in [2.24, 2.45) is 0 Å². The fourth-order valence-corrected chi connectivity index (χ4v) is 5.31. The minimum atomic E-state index is -0.665. The zero-order valence-corrected chi connectivity index (χ0v) is 19.3. The van der Waals surface area contributed by atoms with Crippen LogP contribution >= 0.6 is 0 Å². The van der Waals surface area contributed by atoms with Gasteiger partial charge in [0.25, 0.3) is 5.91 Å². The van der Waals surface area contributed by atoms with Crippen LogP contribution in [0.15, 0.2) is 42.5 Å². The van der Waals surface area contributed by atoms with Crippen LogP contribution in [-0.2, 0) is 0 Å². The topological polar surface area (TPSA) is 82.5 Å². The zero-order chi connectivity index (χ0) is 23.7. The van der Waals surface area contributed by atoms with Gasteiger partial charge < -0.3 is 24.6 Å². The highest BCUT2D eigenvalue weighted by molar-refractivity contribution is 5.95. The predicted octanol–water partition coefficient (Wildman–Crippen LogP) is 2.21. The predicted molar refractivity (Wildman–Crippen MR) is 127 cm³/mol.